The van der Waals surface area contributed by atoms with Gasteiger partial charge in [-0.15, -0.1) is 0 Å². The van der Waals surface area contributed by atoms with E-state index in [-0.39, 0.29) is 17.8 Å². The Morgan fingerprint density at radius 1 is 0.973 bits per heavy atom. The van der Waals surface area contributed by atoms with Gasteiger partial charge in [-0.25, -0.2) is 9.37 Å². The molecule has 1 N–H and O–H groups in total. The third-order valence-corrected chi connectivity index (χ3v) is 7.21. The molecule has 1 aliphatic rings. The summed E-state index contributed by atoms with van der Waals surface area (Å²) in [5.41, 5.74) is 4.95. The maximum absolute atomic E-state index is 14.1. The standard InChI is InChI=1S/C31H33FN4O/c1-3-27(23-12-9-13-24(32)20-23)34-31(37)29-25-14-7-8-15-28(25)33-30(22-10-5-4-6-11-22)26(29)21-36-18-16-35(2)17-19-36/h4-15,20,27H,3,16-19,21H2,1-2H3,(H,34,37). The van der Waals surface area contributed by atoms with Crippen molar-refractivity contribution < 1.29 is 9.18 Å². The van der Waals surface area contributed by atoms with E-state index in [0.29, 0.717) is 18.5 Å². The lowest BCUT2D eigenvalue weighted by molar-refractivity contribution is 0.0933. The molecule has 1 atom stereocenters. The third-order valence-electron chi connectivity index (χ3n) is 7.21. The van der Waals surface area contributed by atoms with Crippen LogP contribution < -0.4 is 5.32 Å². The van der Waals surface area contributed by atoms with Crippen molar-refractivity contribution in [3.8, 4) is 11.3 Å². The van der Waals surface area contributed by atoms with Gasteiger partial charge in [0.25, 0.3) is 5.91 Å². The van der Waals surface area contributed by atoms with Crippen LogP contribution in [0.5, 0.6) is 0 Å². The summed E-state index contributed by atoms with van der Waals surface area (Å²) in [5.74, 6) is -0.460. The predicted molar refractivity (Wildman–Crippen MR) is 147 cm³/mol. The Morgan fingerprint density at radius 2 is 1.70 bits per heavy atom. The Hall–Kier alpha value is -3.61. The Balaban J connectivity index is 1.63. The van der Waals surface area contributed by atoms with Gasteiger partial charge >= 0.3 is 0 Å². The summed E-state index contributed by atoms with van der Waals surface area (Å²) in [4.78, 5) is 23.9. The molecule has 37 heavy (non-hydrogen) atoms. The normalized spacial score (nSPS) is 15.5. The van der Waals surface area contributed by atoms with Gasteiger partial charge in [0.1, 0.15) is 5.82 Å². The fourth-order valence-corrected chi connectivity index (χ4v) is 5.10. The molecule has 1 aromatic heterocycles. The lowest BCUT2D eigenvalue weighted by atomic mass is 9.94. The number of para-hydroxylation sites is 1. The molecule has 190 valence electrons. The maximum atomic E-state index is 14.1. The molecule has 0 aliphatic carbocycles. The Labute approximate surface area is 217 Å². The maximum Gasteiger partial charge on any atom is 0.252 e. The molecule has 4 aromatic rings. The lowest BCUT2D eigenvalue weighted by Crippen LogP contribution is -2.44. The Kier molecular flexibility index (Phi) is 7.58. The van der Waals surface area contributed by atoms with Crippen LogP contribution in [-0.2, 0) is 6.54 Å². The van der Waals surface area contributed by atoms with Crippen LogP contribution in [0.1, 0.15) is 40.9 Å². The van der Waals surface area contributed by atoms with Gasteiger partial charge in [-0.3, -0.25) is 9.69 Å². The van der Waals surface area contributed by atoms with Crippen LogP contribution in [-0.4, -0.2) is 53.9 Å². The molecule has 3 aromatic carbocycles. The second-order valence-electron chi connectivity index (χ2n) is 9.77. The van der Waals surface area contributed by atoms with Crippen LogP contribution in [0, 0.1) is 5.82 Å². The van der Waals surface area contributed by atoms with E-state index >= 15 is 0 Å². The van der Waals surface area contributed by atoms with Gasteiger partial charge in [0, 0.05) is 49.2 Å². The molecule has 0 spiro atoms. The Morgan fingerprint density at radius 3 is 2.43 bits per heavy atom. The molecular formula is C31H33FN4O. The van der Waals surface area contributed by atoms with E-state index in [4.69, 9.17) is 4.98 Å². The largest absolute Gasteiger partial charge is 0.345 e. The van der Waals surface area contributed by atoms with E-state index in [1.165, 1.54) is 12.1 Å². The van der Waals surface area contributed by atoms with Crippen molar-refractivity contribution in [2.45, 2.75) is 25.9 Å². The van der Waals surface area contributed by atoms with Crippen LogP contribution in [0.2, 0.25) is 0 Å². The summed E-state index contributed by atoms with van der Waals surface area (Å²) in [6.07, 6.45) is 0.650. The lowest BCUT2D eigenvalue weighted by Gasteiger charge is -2.33. The average molecular weight is 497 g/mol. The number of hydrogen-bond acceptors (Lipinski definition) is 4. The summed E-state index contributed by atoms with van der Waals surface area (Å²) in [6, 6.07) is 24.1. The van der Waals surface area contributed by atoms with E-state index in [2.05, 4.69) is 22.2 Å². The van der Waals surface area contributed by atoms with Crippen molar-refractivity contribution in [3.63, 3.8) is 0 Å². The van der Waals surface area contributed by atoms with E-state index in [9.17, 15) is 9.18 Å². The van der Waals surface area contributed by atoms with Gasteiger partial charge in [0.05, 0.1) is 22.8 Å². The van der Waals surface area contributed by atoms with Crippen LogP contribution in [0.3, 0.4) is 0 Å². The van der Waals surface area contributed by atoms with Crippen LogP contribution in [0.15, 0.2) is 78.9 Å². The first-order valence-corrected chi connectivity index (χ1v) is 13.0. The van der Waals surface area contributed by atoms with Gasteiger partial charge in [-0.2, -0.15) is 0 Å². The summed E-state index contributed by atoms with van der Waals surface area (Å²) in [7, 11) is 2.14. The molecule has 1 unspecified atom stereocenters. The zero-order valence-electron chi connectivity index (χ0n) is 21.5. The third kappa shape index (κ3) is 5.55. The van der Waals surface area contributed by atoms with Gasteiger partial charge in [0.15, 0.2) is 0 Å². The molecule has 0 saturated carbocycles. The van der Waals surface area contributed by atoms with Gasteiger partial charge < -0.3 is 10.2 Å². The van der Waals surface area contributed by atoms with E-state index < -0.39 is 0 Å². The highest BCUT2D eigenvalue weighted by Gasteiger charge is 2.26. The van der Waals surface area contributed by atoms with Crippen molar-refractivity contribution in [2.24, 2.45) is 0 Å². The number of aromatic nitrogens is 1. The number of nitrogens with one attached hydrogen (secondary N) is 1. The first kappa shape index (κ1) is 25.1. The van der Waals surface area contributed by atoms with Crippen molar-refractivity contribution in [3.05, 3.63) is 101 Å². The topological polar surface area (TPSA) is 48.5 Å². The number of benzene rings is 3. The van der Waals surface area contributed by atoms with Gasteiger partial charge in [-0.05, 0) is 37.2 Å². The minimum atomic E-state index is -0.304. The number of carbonyl (C=O) groups excluding carboxylic acids is 1. The highest BCUT2D eigenvalue weighted by atomic mass is 19.1. The molecule has 0 bridgehead atoms. The number of carbonyl (C=O) groups is 1. The fourth-order valence-electron chi connectivity index (χ4n) is 5.10. The number of nitrogens with zero attached hydrogens (tertiary/aromatic N) is 3. The quantitative estimate of drug-likeness (QED) is 0.358. The first-order chi connectivity index (χ1) is 18.0. The van der Waals surface area contributed by atoms with Crippen molar-refractivity contribution in [1.29, 1.82) is 0 Å². The number of amides is 1. The van der Waals surface area contributed by atoms with Crippen LogP contribution in [0.25, 0.3) is 22.2 Å². The summed E-state index contributed by atoms with van der Waals surface area (Å²) < 4.78 is 14.0. The number of likely N-dealkylation sites (N-methyl/N-ethyl adjacent to an activating group) is 1. The van der Waals surface area contributed by atoms with E-state index in [0.717, 1.165) is 59.5 Å². The van der Waals surface area contributed by atoms with Crippen molar-refractivity contribution >= 4 is 16.8 Å². The van der Waals surface area contributed by atoms with E-state index in [1.807, 2.05) is 67.6 Å². The number of rotatable bonds is 7. The molecule has 5 nitrogen and oxygen atoms in total. The smallest absolute Gasteiger partial charge is 0.252 e. The number of piperazine rings is 1. The number of halogens is 1. The highest BCUT2D eigenvalue weighted by molar-refractivity contribution is 6.09. The summed E-state index contributed by atoms with van der Waals surface area (Å²) in [6.45, 7) is 6.47. The highest BCUT2D eigenvalue weighted by Crippen LogP contribution is 2.32. The van der Waals surface area contributed by atoms with Crippen LogP contribution in [0.4, 0.5) is 4.39 Å². The van der Waals surface area contributed by atoms with Crippen molar-refractivity contribution in [1.82, 2.24) is 20.1 Å². The zero-order chi connectivity index (χ0) is 25.8. The number of hydrogen-bond donors (Lipinski definition) is 1. The molecule has 1 amide bonds. The molecule has 6 heteroatoms. The minimum Gasteiger partial charge on any atom is -0.345 e. The summed E-state index contributed by atoms with van der Waals surface area (Å²) in [5, 5.41) is 4.05. The van der Waals surface area contributed by atoms with Gasteiger partial charge in [0.2, 0.25) is 0 Å². The molecular weight excluding hydrogens is 463 g/mol. The van der Waals surface area contributed by atoms with Crippen molar-refractivity contribution in [2.75, 3.05) is 33.2 Å². The second kappa shape index (κ2) is 11.2. The van der Waals surface area contributed by atoms with Crippen LogP contribution >= 0.6 is 0 Å². The molecule has 1 aliphatic heterocycles. The second-order valence-corrected chi connectivity index (χ2v) is 9.77. The minimum absolute atomic E-state index is 0.156. The predicted octanol–water partition coefficient (Wildman–Crippen LogP) is 5.67. The molecule has 2 heterocycles. The average Bonchev–Trinajstić information content (AvgIpc) is 2.93. The monoisotopic (exact) mass is 496 g/mol. The number of pyridine rings is 1. The van der Waals surface area contributed by atoms with Gasteiger partial charge in [-0.1, -0.05) is 67.6 Å². The zero-order valence-corrected chi connectivity index (χ0v) is 21.5. The molecule has 1 saturated heterocycles. The first-order valence-electron chi connectivity index (χ1n) is 13.0. The van der Waals surface area contributed by atoms with E-state index in [1.54, 1.807) is 6.07 Å². The molecule has 1 fully saturated rings. The number of fused-ring (bicyclic) bond motifs is 1. The summed E-state index contributed by atoms with van der Waals surface area (Å²) >= 11 is 0. The fraction of sp³-hybridized carbons (Fsp3) is 0.290. The molecule has 5 rings (SSSR count). The Bertz CT molecular complexity index is 1380. The molecule has 0 radical (unpaired) electrons. The SMILES string of the molecule is CCC(NC(=O)c1c(CN2CCN(C)CC2)c(-c2ccccc2)nc2ccccc12)c1cccc(F)c1.